The van der Waals surface area contributed by atoms with Crippen molar-refractivity contribution in [3.05, 3.63) is 53.8 Å². The summed E-state index contributed by atoms with van der Waals surface area (Å²) in [5.74, 6) is 0.697. The Hall–Kier alpha value is -3.49. The average molecular weight is 397 g/mol. The molecule has 0 unspecified atom stereocenters. The number of hydrazine groups is 1. The number of nitrogens with zero attached hydrogens (tertiary/aromatic N) is 3. The van der Waals surface area contributed by atoms with Gasteiger partial charge in [-0.2, -0.15) is 4.98 Å². The van der Waals surface area contributed by atoms with Gasteiger partial charge in [0.2, 0.25) is 11.8 Å². The number of amides is 2. The quantitative estimate of drug-likeness (QED) is 0.613. The fraction of sp³-hybridized carbons (Fsp3) is 0.350. The smallest absolute Gasteiger partial charge is 0.291 e. The molecule has 3 rings (SSSR count). The number of benzene rings is 1. The Morgan fingerprint density at radius 2 is 1.79 bits per heavy atom. The lowest BCUT2D eigenvalue weighted by Crippen LogP contribution is -2.41. The van der Waals surface area contributed by atoms with Gasteiger partial charge in [0.1, 0.15) is 0 Å². The molecule has 2 aromatic heterocycles. The predicted molar refractivity (Wildman–Crippen MR) is 103 cm³/mol. The maximum absolute atomic E-state index is 12.1. The van der Waals surface area contributed by atoms with Crippen LogP contribution in [0, 0.1) is 0 Å². The second-order valence-corrected chi connectivity index (χ2v) is 7.56. The van der Waals surface area contributed by atoms with Gasteiger partial charge in [-0.05, 0) is 6.42 Å². The van der Waals surface area contributed by atoms with Gasteiger partial charge in [-0.25, -0.2) is 0 Å². The zero-order valence-electron chi connectivity index (χ0n) is 16.6. The Kier molecular flexibility index (Phi) is 6.06. The predicted octanol–water partition coefficient (Wildman–Crippen LogP) is 2.81. The summed E-state index contributed by atoms with van der Waals surface area (Å²) in [7, 11) is 0. The SMILES string of the molecule is CC(C)(C)c1noc(CCCC(=O)NNC(=O)c2cc(-c3ccccc3)on2)n1. The van der Waals surface area contributed by atoms with Gasteiger partial charge in [-0.1, -0.05) is 61.4 Å². The third-order valence-corrected chi connectivity index (χ3v) is 4.05. The van der Waals surface area contributed by atoms with E-state index in [0.29, 0.717) is 30.3 Å². The van der Waals surface area contributed by atoms with Crippen LogP contribution in [0.2, 0.25) is 0 Å². The highest BCUT2D eigenvalue weighted by atomic mass is 16.5. The number of carbonyl (C=O) groups is 2. The molecule has 0 fully saturated rings. The van der Waals surface area contributed by atoms with Crippen LogP contribution in [0.4, 0.5) is 0 Å². The third kappa shape index (κ3) is 5.50. The van der Waals surface area contributed by atoms with E-state index in [1.807, 2.05) is 51.1 Å². The van der Waals surface area contributed by atoms with Crippen LogP contribution in [-0.4, -0.2) is 27.1 Å². The topological polar surface area (TPSA) is 123 Å². The minimum Gasteiger partial charge on any atom is -0.355 e. The molecule has 0 saturated carbocycles. The largest absolute Gasteiger partial charge is 0.355 e. The standard InChI is InChI=1S/C20H23N5O4/c1-20(2,3)19-21-17(29-25-19)11-7-10-16(26)22-23-18(27)14-12-15(28-24-14)13-8-5-4-6-9-13/h4-6,8-9,12H,7,10-11H2,1-3H3,(H,22,26)(H,23,27). The van der Waals surface area contributed by atoms with Crippen LogP contribution in [-0.2, 0) is 16.6 Å². The van der Waals surface area contributed by atoms with Crippen molar-refractivity contribution in [3.63, 3.8) is 0 Å². The summed E-state index contributed by atoms with van der Waals surface area (Å²) in [5, 5.41) is 7.67. The molecular formula is C20H23N5O4. The highest BCUT2D eigenvalue weighted by molar-refractivity contribution is 5.94. The van der Waals surface area contributed by atoms with E-state index in [-0.39, 0.29) is 23.4 Å². The summed E-state index contributed by atoms with van der Waals surface area (Å²) >= 11 is 0. The molecule has 152 valence electrons. The van der Waals surface area contributed by atoms with Gasteiger partial charge < -0.3 is 9.05 Å². The summed E-state index contributed by atoms with van der Waals surface area (Å²) in [4.78, 5) is 28.3. The Balaban J connectivity index is 1.42. The van der Waals surface area contributed by atoms with Crippen molar-refractivity contribution < 1.29 is 18.6 Å². The van der Waals surface area contributed by atoms with Crippen molar-refractivity contribution in [2.45, 2.75) is 45.4 Å². The van der Waals surface area contributed by atoms with Crippen LogP contribution < -0.4 is 10.9 Å². The first kappa shape index (κ1) is 20.2. The Morgan fingerprint density at radius 1 is 1.03 bits per heavy atom. The van der Waals surface area contributed by atoms with Crippen molar-refractivity contribution in [2.75, 3.05) is 0 Å². The molecule has 29 heavy (non-hydrogen) atoms. The molecule has 0 bridgehead atoms. The molecule has 0 atom stereocenters. The van der Waals surface area contributed by atoms with E-state index in [9.17, 15) is 9.59 Å². The Labute approximate surface area is 167 Å². The van der Waals surface area contributed by atoms with Crippen molar-refractivity contribution in [3.8, 4) is 11.3 Å². The highest BCUT2D eigenvalue weighted by Crippen LogP contribution is 2.20. The lowest BCUT2D eigenvalue weighted by Gasteiger charge is -2.10. The van der Waals surface area contributed by atoms with Gasteiger partial charge >= 0.3 is 0 Å². The van der Waals surface area contributed by atoms with Gasteiger partial charge in [0.15, 0.2) is 17.3 Å². The van der Waals surface area contributed by atoms with Gasteiger partial charge in [0.25, 0.3) is 5.91 Å². The van der Waals surface area contributed by atoms with E-state index in [1.165, 1.54) is 6.07 Å². The fourth-order valence-corrected chi connectivity index (χ4v) is 2.43. The number of aromatic nitrogens is 3. The monoisotopic (exact) mass is 397 g/mol. The van der Waals surface area contributed by atoms with E-state index in [4.69, 9.17) is 9.05 Å². The molecule has 9 nitrogen and oxygen atoms in total. The molecule has 0 aliphatic carbocycles. The van der Waals surface area contributed by atoms with Crippen LogP contribution in [0.3, 0.4) is 0 Å². The molecular weight excluding hydrogens is 374 g/mol. The fourth-order valence-electron chi connectivity index (χ4n) is 2.43. The van der Waals surface area contributed by atoms with Crippen molar-refractivity contribution >= 4 is 11.8 Å². The lowest BCUT2D eigenvalue weighted by atomic mass is 9.96. The molecule has 3 aromatic rings. The Morgan fingerprint density at radius 3 is 2.48 bits per heavy atom. The summed E-state index contributed by atoms with van der Waals surface area (Å²) in [6.45, 7) is 5.99. The highest BCUT2D eigenvalue weighted by Gasteiger charge is 2.21. The van der Waals surface area contributed by atoms with Gasteiger partial charge in [-0.3, -0.25) is 20.4 Å². The van der Waals surface area contributed by atoms with Crippen LogP contribution in [0.5, 0.6) is 0 Å². The lowest BCUT2D eigenvalue weighted by molar-refractivity contribution is -0.121. The zero-order valence-corrected chi connectivity index (χ0v) is 16.6. The number of aryl methyl sites for hydroxylation is 1. The van der Waals surface area contributed by atoms with Gasteiger partial charge in [0, 0.05) is 29.9 Å². The minimum absolute atomic E-state index is 0.0738. The molecule has 0 saturated heterocycles. The molecule has 9 heteroatoms. The van der Waals surface area contributed by atoms with E-state index in [2.05, 4.69) is 26.1 Å². The first-order chi connectivity index (χ1) is 13.8. The molecule has 2 amide bonds. The Bertz CT molecular complexity index is 972. The summed E-state index contributed by atoms with van der Waals surface area (Å²) in [6.07, 6.45) is 1.19. The van der Waals surface area contributed by atoms with Crippen molar-refractivity contribution in [2.24, 2.45) is 0 Å². The maximum atomic E-state index is 12.1. The summed E-state index contributed by atoms with van der Waals surface area (Å²) in [6, 6.07) is 10.8. The minimum atomic E-state index is -0.559. The number of hydrogen-bond acceptors (Lipinski definition) is 7. The normalized spacial score (nSPS) is 11.3. The van der Waals surface area contributed by atoms with Crippen LogP contribution >= 0.6 is 0 Å². The maximum Gasteiger partial charge on any atom is 0.291 e. The molecule has 2 N–H and O–H groups in total. The van der Waals surface area contributed by atoms with Crippen LogP contribution in [0.1, 0.15) is 55.8 Å². The average Bonchev–Trinajstić information content (AvgIpc) is 3.36. The molecule has 0 aliphatic rings. The molecule has 0 aliphatic heterocycles. The first-order valence-corrected chi connectivity index (χ1v) is 9.27. The summed E-state index contributed by atoms with van der Waals surface area (Å²) in [5.41, 5.74) is 5.37. The van der Waals surface area contributed by atoms with Gasteiger partial charge in [0.05, 0.1) is 0 Å². The number of carbonyl (C=O) groups excluding carboxylic acids is 2. The number of nitrogens with one attached hydrogen (secondary N) is 2. The second-order valence-electron chi connectivity index (χ2n) is 7.56. The first-order valence-electron chi connectivity index (χ1n) is 9.27. The number of hydrogen-bond donors (Lipinski definition) is 2. The van der Waals surface area contributed by atoms with Crippen LogP contribution in [0.25, 0.3) is 11.3 Å². The third-order valence-electron chi connectivity index (χ3n) is 4.05. The molecule has 2 heterocycles. The molecule has 1 aromatic carbocycles. The van der Waals surface area contributed by atoms with Crippen LogP contribution in [0.15, 0.2) is 45.4 Å². The molecule has 0 radical (unpaired) electrons. The number of rotatable bonds is 6. The molecule has 0 spiro atoms. The van der Waals surface area contributed by atoms with E-state index >= 15 is 0 Å². The summed E-state index contributed by atoms with van der Waals surface area (Å²) < 4.78 is 10.4. The van der Waals surface area contributed by atoms with E-state index < -0.39 is 5.91 Å². The second kappa shape index (κ2) is 8.68. The van der Waals surface area contributed by atoms with Gasteiger partial charge in [-0.15, -0.1) is 0 Å². The van der Waals surface area contributed by atoms with E-state index in [0.717, 1.165) is 5.56 Å². The van der Waals surface area contributed by atoms with Crippen molar-refractivity contribution in [1.29, 1.82) is 0 Å². The van der Waals surface area contributed by atoms with Crippen molar-refractivity contribution in [1.82, 2.24) is 26.1 Å². The zero-order chi connectivity index (χ0) is 20.9. The van der Waals surface area contributed by atoms with E-state index in [1.54, 1.807) is 0 Å².